The number of rotatable bonds is 5. The first-order valence-electron chi connectivity index (χ1n) is 7.75. The van der Waals surface area contributed by atoms with Crippen molar-refractivity contribution in [2.45, 2.75) is 25.9 Å². The summed E-state index contributed by atoms with van der Waals surface area (Å²) in [5.41, 5.74) is 2.70. The number of hydrogen-bond acceptors (Lipinski definition) is 3. The molecule has 1 aromatic heterocycles. The number of fused-ring (bicyclic) bond motifs is 1. The molecule has 0 bridgehead atoms. The Kier molecular flexibility index (Phi) is 4.29. The summed E-state index contributed by atoms with van der Waals surface area (Å²) in [5, 5.41) is 4.87. The minimum atomic E-state index is 0.167. The molecule has 0 saturated carbocycles. The number of morpholine rings is 1. The maximum Gasteiger partial charge on any atom is 0.0594 e. The minimum Gasteiger partial charge on any atom is -0.379 e. The highest BCUT2D eigenvalue weighted by molar-refractivity contribution is 5.79. The Labute approximate surface area is 126 Å². The van der Waals surface area contributed by atoms with Gasteiger partial charge in [-0.05, 0) is 36.9 Å². The summed E-state index contributed by atoms with van der Waals surface area (Å²) >= 11 is 0. The van der Waals surface area contributed by atoms with Gasteiger partial charge < -0.3 is 15.0 Å². The monoisotopic (exact) mass is 287 g/mol. The van der Waals surface area contributed by atoms with Gasteiger partial charge in [0.1, 0.15) is 0 Å². The van der Waals surface area contributed by atoms with E-state index in [1.807, 2.05) is 6.20 Å². The molecule has 1 aliphatic heterocycles. The summed E-state index contributed by atoms with van der Waals surface area (Å²) < 4.78 is 5.44. The molecule has 21 heavy (non-hydrogen) atoms. The summed E-state index contributed by atoms with van der Waals surface area (Å²) in [4.78, 5) is 5.78. The van der Waals surface area contributed by atoms with Gasteiger partial charge in [0.25, 0.3) is 0 Å². The molecule has 1 aliphatic rings. The van der Waals surface area contributed by atoms with Crippen LogP contribution in [0.15, 0.2) is 30.5 Å². The summed E-state index contributed by atoms with van der Waals surface area (Å²) in [6.45, 7) is 10.3. The zero-order chi connectivity index (χ0) is 14.7. The predicted octanol–water partition coefficient (Wildman–Crippen LogP) is 2.37. The van der Waals surface area contributed by atoms with Crippen molar-refractivity contribution < 1.29 is 4.74 Å². The fourth-order valence-corrected chi connectivity index (χ4v) is 3.00. The lowest BCUT2D eigenvalue weighted by Gasteiger charge is -2.41. The Bertz CT molecular complexity index is 584. The highest BCUT2D eigenvalue weighted by Gasteiger charge is 2.27. The van der Waals surface area contributed by atoms with Gasteiger partial charge in [-0.3, -0.25) is 4.90 Å². The lowest BCUT2D eigenvalue weighted by Crippen LogP contribution is -2.54. The molecule has 4 heteroatoms. The fourth-order valence-electron chi connectivity index (χ4n) is 3.00. The Morgan fingerprint density at radius 2 is 2.05 bits per heavy atom. The molecule has 0 atom stereocenters. The van der Waals surface area contributed by atoms with Gasteiger partial charge in [0.05, 0.1) is 13.2 Å². The van der Waals surface area contributed by atoms with Crippen LogP contribution in [0.2, 0.25) is 0 Å². The van der Waals surface area contributed by atoms with Crippen LogP contribution in [0.5, 0.6) is 0 Å². The molecule has 1 saturated heterocycles. The second-order valence-electron chi connectivity index (χ2n) is 6.41. The number of aromatic nitrogens is 1. The van der Waals surface area contributed by atoms with Crippen molar-refractivity contribution in [3.8, 4) is 0 Å². The van der Waals surface area contributed by atoms with Crippen LogP contribution >= 0.6 is 0 Å². The first-order chi connectivity index (χ1) is 10.1. The number of benzene rings is 1. The Morgan fingerprint density at radius 1 is 1.24 bits per heavy atom. The Morgan fingerprint density at radius 3 is 2.86 bits per heavy atom. The highest BCUT2D eigenvalue weighted by atomic mass is 16.5. The van der Waals surface area contributed by atoms with Crippen LogP contribution in [-0.4, -0.2) is 48.3 Å². The zero-order valence-corrected chi connectivity index (χ0v) is 13.0. The van der Waals surface area contributed by atoms with Crippen molar-refractivity contribution in [2.24, 2.45) is 0 Å². The molecule has 0 aliphatic carbocycles. The van der Waals surface area contributed by atoms with Gasteiger partial charge in [-0.25, -0.2) is 0 Å². The van der Waals surface area contributed by atoms with Gasteiger partial charge >= 0.3 is 0 Å². The van der Waals surface area contributed by atoms with E-state index in [0.717, 1.165) is 39.4 Å². The molecule has 0 amide bonds. The number of aromatic amines is 1. The summed E-state index contributed by atoms with van der Waals surface area (Å²) in [7, 11) is 0. The number of H-pyrrole nitrogens is 1. The molecule has 0 unspecified atom stereocenters. The van der Waals surface area contributed by atoms with E-state index in [9.17, 15) is 0 Å². The van der Waals surface area contributed by atoms with E-state index in [4.69, 9.17) is 4.74 Å². The standard InChI is InChI=1S/C17H25N3O/c1-17(2,20-7-9-21-10-8-20)13-18-12-14-3-4-15-5-6-19-16(15)11-14/h3-6,11,18-19H,7-10,12-13H2,1-2H3. The quantitative estimate of drug-likeness (QED) is 0.887. The molecule has 2 heterocycles. The van der Waals surface area contributed by atoms with Crippen LogP contribution in [0.1, 0.15) is 19.4 Å². The van der Waals surface area contributed by atoms with Crippen molar-refractivity contribution in [1.82, 2.24) is 15.2 Å². The van der Waals surface area contributed by atoms with Crippen molar-refractivity contribution >= 4 is 10.9 Å². The molecule has 1 fully saturated rings. The van der Waals surface area contributed by atoms with Gasteiger partial charge in [0.2, 0.25) is 0 Å². The predicted molar refractivity (Wildman–Crippen MR) is 86.5 cm³/mol. The summed E-state index contributed by atoms with van der Waals surface area (Å²) in [6, 6.07) is 8.71. The average Bonchev–Trinajstić information content (AvgIpc) is 2.95. The molecule has 0 spiro atoms. The lowest BCUT2D eigenvalue weighted by atomic mass is 10.0. The van der Waals surface area contributed by atoms with E-state index in [1.54, 1.807) is 0 Å². The third-order valence-corrected chi connectivity index (χ3v) is 4.37. The largest absolute Gasteiger partial charge is 0.379 e. The van der Waals surface area contributed by atoms with E-state index in [-0.39, 0.29) is 5.54 Å². The maximum atomic E-state index is 5.44. The minimum absolute atomic E-state index is 0.167. The van der Waals surface area contributed by atoms with Crippen LogP contribution in [0, 0.1) is 0 Å². The van der Waals surface area contributed by atoms with E-state index in [1.165, 1.54) is 16.5 Å². The van der Waals surface area contributed by atoms with Crippen molar-refractivity contribution in [3.05, 3.63) is 36.0 Å². The van der Waals surface area contributed by atoms with Crippen LogP contribution in [0.25, 0.3) is 10.9 Å². The highest BCUT2D eigenvalue weighted by Crippen LogP contribution is 2.16. The normalized spacial score (nSPS) is 17.4. The second kappa shape index (κ2) is 6.18. The van der Waals surface area contributed by atoms with E-state index >= 15 is 0 Å². The smallest absolute Gasteiger partial charge is 0.0594 e. The van der Waals surface area contributed by atoms with Crippen molar-refractivity contribution in [2.75, 3.05) is 32.8 Å². The van der Waals surface area contributed by atoms with E-state index in [0.29, 0.717) is 0 Å². The lowest BCUT2D eigenvalue weighted by molar-refractivity contribution is -0.00966. The molecular weight excluding hydrogens is 262 g/mol. The average molecular weight is 287 g/mol. The SMILES string of the molecule is CC(C)(CNCc1ccc2cc[nH]c2c1)N1CCOCC1. The third kappa shape index (κ3) is 3.46. The van der Waals surface area contributed by atoms with Crippen LogP contribution < -0.4 is 5.32 Å². The van der Waals surface area contributed by atoms with Gasteiger partial charge in [0, 0.05) is 43.4 Å². The first kappa shape index (κ1) is 14.6. The van der Waals surface area contributed by atoms with Crippen LogP contribution in [0.4, 0.5) is 0 Å². The number of ether oxygens (including phenoxy) is 1. The van der Waals surface area contributed by atoms with Gasteiger partial charge in [-0.15, -0.1) is 0 Å². The van der Waals surface area contributed by atoms with Gasteiger partial charge in [-0.1, -0.05) is 12.1 Å². The molecule has 1 aromatic carbocycles. The maximum absolute atomic E-state index is 5.44. The molecule has 3 rings (SSSR count). The summed E-state index contributed by atoms with van der Waals surface area (Å²) in [6.07, 6.45) is 1.99. The molecule has 4 nitrogen and oxygen atoms in total. The fraction of sp³-hybridized carbons (Fsp3) is 0.529. The number of nitrogens with one attached hydrogen (secondary N) is 2. The Hall–Kier alpha value is -1.36. The molecular formula is C17H25N3O. The van der Waals surface area contributed by atoms with Crippen LogP contribution in [0.3, 0.4) is 0 Å². The zero-order valence-electron chi connectivity index (χ0n) is 13.0. The number of nitrogens with zero attached hydrogens (tertiary/aromatic N) is 1. The third-order valence-electron chi connectivity index (χ3n) is 4.37. The molecule has 2 aromatic rings. The molecule has 2 N–H and O–H groups in total. The van der Waals surface area contributed by atoms with Gasteiger partial charge in [0.15, 0.2) is 0 Å². The van der Waals surface area contributed by atoms with E-state index < -0.39 is 0 Å². The topological polar surface area (TPSA) is 40.3 Å². The second-order valence-corrected chi connectivity index (χ2v) is 6.41. The number of hydrogen-bond donors (Lipinski definition) is 2. The van der Waals surface area contributed by atoms with Crippen LogP contribution in [-0.2, 0) is 11.3 Å². The van der Waals surface area contributed by atoms with E-state index in [2.05, 4.69) is 53.3 Å². The molecule has 114 valence electrons. The molecule has 0 radical (unpaired) electrons. The first-order valence-corrected chi connectivity index (χ1v) is 7.75. The van der Waals surface area contributed by atoms with Gasteiger partial charge in [-0.2, -0.15) is 0 Å². The summed E-state index contributed by atoms with van der Waals surface area (Å²) in [5.74, 6) is 0. The Balaban J connectivity index is 1.54. The van der Waals surface area contributed by atoms with Crippen molar-refractivity contribution in [1.29, 1.82) is 0 Å². The van der Waals surface area contributed by atoms with Crippen molar-refractivity contribution in [3.63, 3.8) is 0 Å².